The van der Waals surface area contributed by atoms with Crippen LogP contribution in [0.1, 0.15) is 38.3 Å². The van der Waals surface area contributed by atoms with Crippen LogP contribution in [-0.2, 0) is 4.79 Å². The fourth-order valence-electron chi connectivity index (χ4n) is 1.96. The highest BCUT2D eigenvalue weighted by Crippen LogP contribution is 2.20. The van der Waals surface area contributed by atoms with Crippen LogP contribution in [0.2, 0.25) is 0 Å². The van der Waals surface area contributed by atoms with Gasteiger partial charge in [0.15, 0.2) is 17.5 Å². The van der Waals surface area contributed by atoms with Gasteiger partial charge in [-0.25, -0.2) is 13.2 Å². The molecule has 1 amide bonds. The minimum atomic E-state index is -1.57. The third-order valence-electron chi connectivity index (χ3n) is 3.26. The number of nitrogens with one attached hydrogen (secondary N) is 1. The second-order valence-corrected chi connectivity index (χ2v) is 4.56. The minimum absolute atomic E-state index is 0.0109. The molecule has 0 aliphatic heterocycles. The number of carbonyl (C=O) groups is 1. The highest BCUT2D eigenvalue weighted by molar-refractivity contribution is 5.79. The Bertz CT molecular complexity index is 452. The van der Waals surface area contributed by atoms with E-state index in [2.05, 4.69) is 5.32 Å². The summed E-state index contributed by atoms with van der Waals surface area (Å²) in [5.41, 5.74) is -0.0109. The summed E-state index contributed by atoms with van der Waals surface area (Å²) in [6, 6.07) is 0.576. The molecule has 0 radical (unpaired) electrons. The minimum Gasteiger partial charge on any atom is -0.394 e. The monoisotopic (exact) mass is 289 g/mol. The molecule has 1 atom stereocenters. The van der Waals surface area contributed by atoms with E-state index in [0.29, 0.717) is 12.8 Å². The Morgan fingerprint density at radius 1 is 1.20 bits per heavy atom. The number of aliphatic hydroxyl groups excluding tert-OH is 1. The lowest BCUT2D eigenvalue weighted by molar-refractivity contribution is -0.126. The van der Waals surface area contributed by atoms with E-state index in [1.807, 2.05) is 13.8 Å². The van der Waals surface area contributed by atoms with Gasteiger partial charge in [-0.05, 0) is 30.5 Å². The Morgan fingerprint density at radius 3 is 2.10 bits per heavy atom. The fourth-order valence-corrected chi connectivity index (χ4v) is 1.96. The zero-order valence-corrected chi connectivity index (χ0v) is 11.4. The number of amides is 1. The smallest absolute Gasteiger partial charge is 0.223 e. The molecule has 0 heterocycles. The number of hydrogen-bond donors (Lipinski definition) is 2. The third kappa shape index (κ3) is 3.72. The summed E-state index contributed by atoms with van der Waals surface area (Å²) < 4.78 is 39.2. The maximum atomic E-state index is 13.2. The number of aliphatic hydroxyl groups is 1. The molecule has 20 heavy (non-hydrogen) atoms. The van der Waals surface area contributed by atoms with E-state index in [9.17, 15) is 23.1 Å². The molecule has 0 saturated carbocycles. The van der Waals surface area contributed by atoms with Gasteiger partial charge in [0, 0.05) is 5.92 Å². The van der Waals surface area contributed by atoms with Crippen LogP contribution >= 0.6 is 0 Å². The normalized spacial score (nSPS) is 12.6. The van der Waals surface area contributed by atoms with Gasteiger partial charge in [-0.2, -0.15) is 0 Å². The summed E-state index contributed by atoms with van der Waals surface area (Å²) in [5, 5.41) is 11.8. The second-order valence-electron chi connectivity index (χ2n) is 4.56. The number of rotatable bonds is 6. The van der Waals surface area contributed by atoms with E-state index in [-0.39, 0.29) is 17.4 Å². The average molecular weight is 289 g/mol. The molecule has 1 aromatic rings. The van der Waals surface area contributed by atoms with E-state index >= 15 is 0 Å². The Kier molecular flexibility index (Phi) is 6.01. The number of hydrogen-bond acceptors (Lipinski definition) is 2. The summed E-state index contributed by atoms with van der Waals surface area (Å²) in [4.78, 5) is 11.9. The molecule has 0 aliphatic carbocycles. The molecule has 0 spiro atoms. The van der Waals surface area contributed by atoms with Crippen LogP contribution in [0.25, 0.3) is 0 Å². The first-order valence-electron chi connectivity index (χ1n) is 6.50. The quantitative estimate of drug-likeness (QED) is 0.791. The standard InChI is InChI=1S/C14H18F3NO2/c1-3-8(4-2)14(20)18-12(7-19)9-5-10(15)13(17)11(16)6-9/h5-6,8,12,19H,3-4,7H2,1-2H3,(H,18,20)/t12-/m0/s1. The van der Waals surface area contributed by atoms with Crippen molar-refractivity contribution in [2.24, 2.45) is 5.92 Å². The molecule has 0 aliphatic rings. The maximum Gasteiger partial charge on any atom is 0.223 e. The van der Waals surface area contributed by atoms with Gasteiger partial charge in [0.1, 0.15) is 0 Å². The molecule has 112 valence electrons. The first kappa shape index (κ1) is 16.5. The lowest BCUT2D eigenvalue weighted by Crippen LogP contribution is -2.35. The second kappa shape index (κ2) is 7.28. The Morgan fingerprint density at radius 2 is 1.70 bits per heavy atom. The Hall–Kier alpha value is -1.56. The van der Waals surface area contributed by atoms with E-state index in [0.717, 1.165) is 12.1 Å². The molecular formula is C14H18F3NO2. The van der Waals surface area contributed by atoms with Gasteiger partial charge in [0.05, 0.1) is 12.6 Å². The lowest BCUT2D eigenvalue weighted by atomic mass is 10.0. The molecule has 0 bridgehead atoms. The summed E-state index contributed by atoms with van der Waals surface area (Å²) in [6.07, 6.45) is 1.24. The zero-order valence-electron chi connectivity index (χ0n) is 11.4. The van der Waals surface area contributed by atoms with Crippen molar-refractivity contribution in [3.05, 3.63) is 35.1 Å². The first-order valence-corrected chi connectivity index (χ1v) is 6.50. The summed E-state index contributed by atoms with van der Waals surface area (Å²) in [5.74, 6) is -4.82. The van der Waals surface area contributed by atoms with Crippen molar-refractivity contribution >= 4 is 5.91 Å². The van der Waals surface area contributed by atoms with Gasteiger partial charge in [0.25, 0.3) is 0 Å². The predicted octanol–water partition coefficient (Wildman–Crippen LogP) is 2.69. The molecule has 3 nitrogen and oxygen atoms in total. The molecule has 2 N–H and O–H groups in total. The van der Waals surface area contributed by atoms with Gasteiger partial charge in [-0.1, -0.05) is 13.8 Å². The van der Waals surface area contributed by atoms with E-state index in [1.54, 1.807) is 0 Å². The molecule has 0 unspecified atom stereocenters. The van der Waals surface area contributed by atoms with Crippen LogP contribution < -0.4 is 5.32 Å². The highest BCUT2D eigenvalue weighted by Gasteiger charge is 2.21. The van der Waals surface area contributed by atoms with E-state index in [1.165, 1.54) is 0 Å². The molecule has 6 heteroatoms. The van der Waals surface area contributed by atoms with E-state index in [4.69, 9.17) is 0 Å². The first-order chi connectivity index (χ1) is 9.44. The van der Waals surface area contributed by atoms with Crippen molar-refractivity contribution in [1.29, 1.82) is 0 Å². The van der Waals surface area contributed by atoms with Gasteiger partial charge in [0.2, 0.25) is 5.91 Å². The van der Waals surface area contributed by atoms with Crippen LogP contribution in [-0.4, -0.2) is 17.6 Å². The number of benzene rings is 1. The molecule has 0 saturated heterocycles. The molecule has 0 fully saturated rings. The van der Waals surface area contributed by atoms with Gasteiger partial charge in [-0.3, -0.25) is 4.79 Å². The molecule has 1 aromatic carbocycles. The average Bonchev–Trinajstić information content (AvgIpc) is 2.42. The van der Waals surface area contributed by atoms with Gasteiger partial charge in [-0.15, -0.1) is 0 Å². The van der Waals surface area contributed by atoms with Crippen LogP contribution in [0.3, 0.4) is 0 Å². The van der Waals surface area contributed by atoms with Crippen molar-refractivity contribution in [1.82, 2.24) is 5.32 Å². The Labute approximate surface area is 115 Å². The van der Waals surface area contributed by atoms with Gasteiger partial charge >= 0.3 is 0 Å². The van der Waals surface area contributed by atoms with Gasteiger partial charge < -0.3 is 10.4 Å². The number of carbonyl (C=O) groups excluding carboxylic acids is 1. The maximum absolute atomic E-state index is 13.2. The molecule has 0 aromatic heterocycles. The SMILES string of the molecule is CCC(CC)C(=O)N[C@@H](CO)c1cc(F)c(F)c(F)c1. The van der Waals surface area contributed by atoms with Crippen molar-refractivity contribution in [2.75, 3.05) is 6.61 Å². The van der Waals surface area contributed by atoms with Crippen molar-refractivity contribution in [3.63, 3.8) is 0 Å². The number of halogens is 3. The third-order valence-corrected chi connectivity index (χ3v) is 3.26. The summed E-state index contributed by atoms with van der Waals surface area (Å²) in [6.45, 7) is 3.16. The Balaban J connectivity index is 2.94. The van der Waals surface area contributed by atoms with Crippen LogP contribution in [0.5, 0.6) is 0 Å². The van der Waals surface area contributed by atoms with Crippen LogP contribution in [0, 0.1) is 23.4 Å². The zero-order chi connectivity index (χ0) is 15.3. The topological polar surface area (TPSA) is 49.3 Å². The van der Waals surface area contributed by atoms with Crippen molar-refractivity contribution < 1.29 is 23.1 Å². The summed E-state index contributed by atoms with van der Waals surface area (Å²) >= 11 is 0. The largest absolute Gasteiger partial charge is 0.394 e. The molecular weight excluding hydrogens is 271 g/mol. The lowest BCUT2D eigenvalue weighted by Gasteiger charge is -2.20. The highest BCUT2D eigenvalue weighted by atomic mass is 19.2. The van der Waals surface area contributed by atoms with Crippen molar-refractivity contribution in [3.8, 4) is 0 Å². The van der Waals surface area contributed by atoms with Crippen LogP contribution in [0.4, 0.5) is 13.2 Å². The van der Waals surface area contributed by atoms with Crippen LogP contribution in [0.15, 0.2) is 12.1 Å². The predicted molar refractivity (Wildman–Crippen MR) is 68.4 cm³/mol. The molecule has 1 rings (SSSR count). The van der Waals surface area contributed by atoms with E-state index < -0.39 is 30.1 Å². The summed E-state index contributed by atoms with van der Waals surface area (Å²) in [7, 11) is 0. The fraction of sp³-hybridized carbons (Fsp3) is 0.500. The van der Waals surface area contributed by atoms with Crippen molar-refractivity contribution in [2.45, 2.75) is 32.7 Å².